The van der Waals surface area contributed by atoms with Crippen molar-refractivity contribution in [3.05, 3.63) is 47.0 Å². The number of ether oxygens (including phenoxy) is 1. The van der Waals surface area contributed by atoms with Gasteiger partial charge in [0.05, 0.1) is 12.8 Å². The number of rotatable bonds is 5. The minimum absolute atomic E-state index is 0.400. The van der Waals surface area contributed by atoms with Crippen LogP contribution in [0, 0.1) is 6.92 Å². The Hall–Kier alpha value is -2.27. The van der Waals surface area contributed by atoms with Crippen LogP contribution in [0.2, 0.25) is 0 Å². The van der Waals surface area contributed by atoms with E-state index in [2.05, 4.69) is 53.8 Å². The van der Waals surface area contributed by atoms with E-state index in [-0.39, 0.29) is 0 Å². The highest BCUT2D eigenvalue weighted by Crippen LogP contribution is 2.38. The van der Waals surface area contributed by atoms with Crippen molar-refractivity contribution in [2.75, 3.05) is 13.7 Å². The van der Waals surface area contributed by atoms with Gasteiger partial charge in [-0.1, -0.05) is 12.1 Å². The summed E-state index contributed by atoms with van der Waals surface area (Å²) in [5.41, 5.74) is 4.94. The Morgan fingerprint density at radius 3 is 2.96 bits per heavy atom. The van der Waals surface area contributed by atoms with E-state index < -0.39 is 0 Å². The summed E-state index contributed by atoms with van der Waals surface area (Å²) in [4.78, 5) is 2.58. The molecule has 1 aromatic carbocycles. The first-order valence-corrected chi connectivity index (χ1v) is 9.43. The van der Waals surface area contributed by atoms with Gasteiger partial charge in [-0.15, -0.1) is 0 Å². The maximum atomic E-state index is 5.56. The second-order valence-electron chi connectivity index (χ2n) is 7.24. The molecule has 2 aromatic heterocycles. The summed E-state index contributed by atoms with van der Waals surface area (Å²) >= 11 is 0. The van der Waals surface area contributed by atoms with Crippen molar-refractivity contribution < 1.29 is 9.26 Å². The van der Waals surface area contributed by atoms with Gasteiger partial charge in [-0.3, -0.25) is 4.90 Å². The van der Waals surface area contributed by atoms with Crippen LogP contribution in [0.5, 0.6) is 5.75 Å². The number of nitrogens with zero attached hydrogens (tertiary/aromatic N) is 3. The van der Waals surface area contributed by atoms with E-state index in [1.165, 1.54) is 34.9 Å². The van der Waals surface area contributed by atoms with Crippen molar-refractivity contribution in [2.45, 2.75) is 45.7 Å². The topological polar surface area (TPSA) is 43.4 Å². The van der Waals surface area contributed by atoms with Crippen LogP contribution in [0.15, 0.2) is 28.9 Å². The van der Waals surface area contributed by atoms with Crippen LogP contribution in [-0.4, -0.2) is 28.3 Å². The molecule has 0 radical (unpaired) electrons. The molecule has 1 unspecified atom stereocenters. The van der Waals surface area contributed by atoms with Gasteiger partial charge in [-0.25, -0.2) is 0 Å². The molecule has 0 amide bonds. The molecule has 0 aliphatic carbocycles. The molecule has 0 N–H and O–H groups in total. The first-order chi connectivity index (χ1) is 12.6. The van der Waals surface area contributed by atoms with Gasteiger partial charge in [0, 0.05) is 48.7 Å². The van der Waals surface area contributed by atoms with Crippen LogP contribution in [-0.2, 0) is 20.0 Å². The molecule has 3 aromatic rings. The summed E-state index contributed by atoms with van der Waals surface area (Å²) in [5, 5.41) is 5.50. The molecule has 5 nitrogen and oxygen atoms in total. The summed E-state index contributed by atoms with van der Waals surface area (Å²) in [5.74, 6) is 1.95. The molecule has 138 valence electrons. The lowest BCUT2D eigenvalue weighted by Crippen LogP contribution is -2.23. The first-order valence-electron chi connectivity index (χ1n) is 9.43. The Bertz CT molecular complexity index is 925. The van der Waals surface area contributed by atoms with Crippen molar-refractivity contribution in [3.8, 4) is 5.75 Å². The van der Waals surface area contributed by atoms with Gasteiger partial charge >= 0.3 is 0 Å². The number of fused-ring (bicyclic) bond motifs is 1. The second-order valence-corrected chi connectivity index (χ2v) is 7.24. The molecule has 1 fully saturated rings. The molecule has 1 saturated heterocycles. The van der Waals surface area contributed by atoms with Gasteiger partial charge in [0.25, 0.3) is 0 Å². The molecule has 0 bridgehead atoms. The summed E-state index contributed by atoms with van der Waals surface area (Å²) in [7, 11) is 3.83. The lowest BCUT2D eigenvalue weighted by Gasteiger charge is -2.24. The number of aryl methyl sites for hydroxylation is 3. The minimum atomic E-state index is 0.400. The number of hydrogen-bond acceptors (Lipinski definition) is 4. The Morgan fingerprint density at radius 1 is 1.35 bits per heavy atom. The molecule has 0 saturated carbocycles. The van der Waals surface area contributed by atoms with Gasteiger partial charge in [-0.2, -0.15) is 0 Å². The zero-order valence-electron chi connectivity index (χ0n) is 16.1. The monoisotopic (exact) mass is 353 g/mol. The number of methoxy groups -OCH3 is 1. The van der Waals surface area contributed by atoms with Crippen LogP contribution < -0.4 is 4.74 Å². The maximum Gasteiger partial charge on any atom is 0.141 e. The van der Waals surface area contributed by atoms with E-state index in [0.29, 0.717) is 6.04 Å². The summed E-state index contributed by atoms with van der Waals surface area (Å²) in [6.45, 7) is 6.25. The van der Waals surface area contributed by atoms with Crippen molar-refractivity contribution in [2.24, 2.45) is 7.05 Å². The fraction of sp³-hybridized carbons (Fsp3) is 0.476. The van der Waals surface area contributed by atoms with E-state index in [9.17, 15) is 0 Å². The summed E-state index contributed by atoms with van der Waals surface area (Å²) < 4.78 is 13.2. The molecule has 1 atom stereocenters. The van der Waals surface area contributed by atoms with Crippen molar-refractivity contribution >= 4 is 10.9 Å². The fourth-order valence-corrected chi connectivity index (χ4v) is 4.37. The van der Waals surface area contributed by atoms with E-state index in [1.807, 2.05) is 6.07 Å². The first kappa shape index (κ1) is 17.2. The van der Waals surface area contributed by atoms with E-state index >= 15 is 0 Å². The zero-order valence-corrected chi connectivity index (χ0v) is 16.1. The van der Waals surface area contributed by atoms with Crippen LogP contribution in [0.3, 0.4) is 0 Å². The minimum Gasteiger partial charge on any atom is -0.497 e. The van der Waals surface area contributed by atoms with E-state index in [4.69, 9.17) is 9.26 Å². The third-order valence-electron chi connectivity index (χ3n) is 5.65. The third kappa shape index (κ3) is 2.80. The average Bonchev–Trinajstić information content (AvgIpc) is 3.33. The maximum absolute atomic E-state index is 5.56. The summed E-state index contributed by atoms with van der Waals surface area (Å²) in [6.07, 6.45) is 5.53. The molecule has 4 rings (SSSR count). The zero-order chi connectivity index (χ0) is 18.3. The largest absolute Gasteiger partial charge is 0.497 e. The highest BCUT2D eigenvalue weighted by atomic mass is 16.5. The van der Waals surface area contributed by atoms with Gasteiger partial charge in [0.2, 0.25) is 0 Å². The van der Waals surface area contributed by atoms with Gasteiger partial charge in [0.1, 0.15) is 11.5 Å². The van der Waals surface area contributed by atoms with Crippen LogP contribution in [0.4, 0.5) is 0 Å². The molecule has 26 heavy (non-hydrogen) atoms. The highest BCUT2D eigenvalue weighted by molar-refractivity contribution is 5.85. The van der Waals surface area contributed by atoms with Crippen molar-refractivity contribution in [3.63, 3.8) is 0 Å². The molecule has 0 spiro atoms. The second kappa shape index (κ2) is 6.80. The highest BCUT2D eigenvalue weighted by Gasteiger charge is 2.31. The quantitative estimate of drug-likeness (QED) is 0.683. The number of aromatic nitrogens is 2. The predicted octanol–water partition coefficient (Wildman–Crippen LogP) is 4.38. The summed E-state index contributed by atoms with van der Waals surface area (Å²) in [6, 6.07) is 6.71. The standard InChI is InChI=1S/C21H27N3O2/c1-5-20-21(14(2)22-26-20)19-7-6-10-24(19)13-15-12-23(3)18-9-8-16(25-4)11-17(15)18/h8-9,11-12,19H,5-7,10,13H2,1-4H3. The predicted molar refractivity (Wildman–Crippen MR) is 102 cm³/mol. The van der Waals surface area contributed by atoms with Crippen molar-refractivity contribution in [1.29, 1.82) is 0 Å². The molecule has 1 aliphatic heterocycles. The third-order valence-corrected chi connectivity index (χ3v) is 5.65. The lowest BCUT2D eigenvalue weighted by atomic mass is 10.0. The molecular weight excluding hydrogens is 326 g/mol. The van der Waals surface area contributed by atoms with Crippen LogP contribution >= 0.6 is 0 Å². The smallest absolute Gasteiger partial charge is 0.141 e. The number of likely N-dealkylation sites (tertiary alicyclic amines) is 1. The Morgan fingerprint density at radius 2 is 2.19 bits per heavy atom. The molecule has 5 heteroatoms. The van der Waals surface area contributed by atoms with Crippen molar-refractivity contribution in [1.82, 2.24) is 14.6 Å². The number of benzene rings is 1. The van der Waals surface area contributed by atoms with Crippen LogP contribution in [0.1, 0.15) is 48.4 Å². The molecule has 1 aliphatic rings. The van der Waals surface area contributed by atoms with Gasteiger partial charge < -0.3 is 13.8 Å². The average molecular weight is 353 g/mol. The van der Waals surface area contributed by atoms with E-state index in [0.717, 1.165) is 36.7 Å². The molecular formula is C21H27N3O2. The van der Waals surface area contributed by atoms with Gasteiger partial charge in [-0.05, 0) is 50.1 Å². The Labute approximate surface area is 154 Å². The Balaban J connectivity index is 1.68. The van der Waals surface area contributed by atoms with Crippen LogP contribution in [0.25, 0.3) is 10.9 Å². The van der Waals surface area contributed by atoms with Gasteiger partial charge in [0.15, 0.2) is 0 Å². The number of hydrogen-bond donors (Lipinski definition) is 0. The lowest BCUT2D eigenvalue weighted by molar-refractivity contribution is 0.245. The SMILES string of the molecule is CCc1onc(C)c1C1CCCN1Cc1cn(C)c2ccc(OC)cc12. The Kier molecular flexibility index (Phi) is 4.49. The van der Waals surface area contributed by atoms with E-state index in [1.54, 1.807) is 7.11 Å². The fourth-order valence-electron chi connectivity index (χ4n) is 4.37. The molecule has 3 heterocycles. The normalized spacial score (nSPS) is 18.1.